The second-order valence-electron chi connectivity index (χ2n) is 4.01. The van der Waals surface area contributed by atoms with Crippen LogP contribution in [0, 0.1) is 0 Å². The molecule has 88 valence electrons. The number of hydroxylamine groups is 2. The first-order chi connectivity index (χ1) is 7.75. The third-order valence-electron chi connectivity index (χ3n) is 2.71. The van der Waals surface area contributed by atoms with Gasteiger partial charge in [0.25, 0.3) is 0 Å². The third-order valence-corrected chi connectivity index (χ3v) is 3.45. The Labute approximate surface area is 106 Å². The molecule has 2 nitrogen and oxygen atoms in total. The predicted octanol–water partition coefficient (Wildman–Crippen LogP) is 3.91. The molecule has 0 bridgehead atoms. The number of rotatable bonds is 3. The summed E-state index contributed by atoms with van der Waals surface area (Å²) < 4.78 is 0. The molecular weight excluding hydrogens is 245 g/mol. The van der Waals surface area contributed by atoms with E-state index < -0.39 is 0 Å². The maximum Gasteiger partial charge on any atom is 0.0936 e. The van der Waals surface area contributed by atoms with Crippen LogP contribution in [0.5, 0.6) is 0 Å². The minimum atomic E-state index is 0.566. The van der Waals surface area contributed by atoms with Crippen molar-refractivity contribution in [3.8, 4) is 0 Å². The van der Waals surface area contributed by atoms with Crippen molar-refractivity contribution in [1.29, 1.82) is 0 Å². The molecule has 1 aliphatic rings. The first kappa shape index (κ1) is 12.2. The Kier molecular flexibility index (Phi) is 4.47. The first-order valence-electron chi connectivity index (χ1n) is 5.57. The maximum atomic E-state index is 5.93. The number of benzene rings is 1. The lowest BCUT2D eigenvalue weighted by Crippen LogP contribution is -2.29. The number of nitrogens with zero attached hydrogens (tertiary/aromatic N) is 1. The van der Waals surface area contributed by atoms with Crippen molar-refractivity contribution in [2.24, 2.45) is 0 Å². The van der Waals surface area contributed by atoms with Gasteiger partial charge in [-0.15, -0.1) is 0 Å². The van der Waals surface area contributed by atoms with E-state index >= 15 is 0 Å². The molecule has 1 aromatic carbocycles. The predicted molar refractivity (Wildman–Crippen MR) is 66.7 cm³/mol. The van der Waals surface area contributed by atoms with Crippen LogP contribution in [0.4, 0.5) is 0 Å². The van der Waals surface area contributed by atoms with Crippen LogP contribution in [-0.4, -0.2) is 18.2 Å². The maximum absolute atomic E-state index is 5.93. The Morgan fingerprint density at radius 3 is 2.50 bits per heavy atom. The van der Waals surface area contributed by atoms with E-state index in [1.54, 1.807) is 6.07 Å². The molecule has 0 spiro atoms. The van der Waals surface area contributed by atoms with E-state index in [-0.39, 0.29) is 0 Å². The standard InChI is InChI=1S/C12H15Cl2NO/c13-11-5-4-10(8-12(11)14)9-16-15-6-2-1-3-7-15/h4-5,8H,1-3,6-7,9H2. The molecule has 0 atom stereocenters. The fourth-order valence-electron chi connectivity index (χ4n) is 1.79. The van der Waals surface area contributed by atoms with Crippen molar-refractivity contribution in [1.82, 2.24) is 5.06 Å². The number of hydrogen-bond donors (Lipinski definition) is 0. The van der Waals surface area contributed by atoms with Crippen LogP contribution in [0.1, 0.15) is 24.8 Å². The highest BCUT2D eigenvalue weighted by Gasteiger charge is 2.10. The van der Waals surface area contributed by atoms with Gasteiger partial charge in [-0.1, -0.05) is 35.7 Å². The third kappa shape index (κ3) is 3.36. The Morgan fingerprint density at radius 1 is 1.06 bits per heavy atom. The Morgan fingerprint density at radius 2 is 1.81 bits per heavy atom. The normalized spacial score (nSPS) is 17.6. The van der Waals surface area contributed by atoms with Gasteiger partial charge in [-0.2, -0.15) is 5.06 Å². The number of piperidine rings is 1. The van der Waals surface area contributed by atoms with Crippen LogP contribution in [-0.2, 0) is 11.4 Å². The zero-order valence-electron chi connectivity index (χ0n) is 9.09. The minimum absolute atomic E-state index is 0.566. The van der Waals surface area contributed by atoms with E-state index in [4.69, 9.17) is 28.0 Å². The summed E-state index contributed by atoms with van der Waals surface area (Å²) in [6.07, 6.45) is 3.76. The summed E-state index contributed by atoms with van der Waals surface area (Å²) in [5.74, 6) is 0. The van der Waals surface area contributed by atoms with E-state index in [9.17, 15) is 0 Å². The Bertz CT molecular complexity index is 351. The molecule has 0 amide bonds. The molecule has 1 fully saturated rings. The largest absolute Gasteiger partial charge is 0.294 e. The molecule has 1 aromatic rings. The van der Waals surface area contributed by atoms with E-state index in [0.29, 0.717) is 16.7 Å². The Balaban J connectivity index is 1.86. The Hall–Kier alpha value is -0.280. The van der Waals surface area contributed by atoms with Gasteiger partial charge >= 0.3 is 0 Å². The highest BCUT2D eigenvalue weighted by Crippen LogP contribution is 2.23. The highest BCUT2D eigenvalue weighted by molar-refractivity contribution is 6.41. The van der Waals surface area contributed by atoms with Crippen molar-refractivity contribution in [3.63, 3.8) is 0 Å². The van der Waals surface area contributed by atoms with E-state index in [0.717, 1.165) is 18.7 Å². The quantitative estimate of drug-likeness (QED) is 0.816. The van der Waals surface area contributed by atoms with Crippen LogP contribution in [0.2, 0.25) is 10.0 Å². The van der Waals surface area contributed by atoms with Crippen molar-refractivity contribution < 1.29 is 4.84 Å². The average Bonchev–Trinajstić information content (AvgIpc) is 2.32. The summed E-state index contributed by atoms with van der Waals surface area (Å²) in [6.45, 7) is 2.62. The molecule has 0 aliphatic carbocycles. The summed E-state index contributed by atoms with van der Waals surface area (Å²) in [7, 11) is 0. The van der Waals surface area contributed by atoms with Crippen molar-refractivity contribution in [2.75, 3.05) is 13.1 Å². The van der Waals surface area contributed by atoms with Gasteiger partial charge in [0, 0.05) is 13.1 Å². The summed E-state index contributed by atoms with van der Waals surface area (Å²) in [5.41, 5.74) is 1.06. The van der Waals surface area contributed by atoms with E-state index in [2.05, 4.69) is 0 Å². The summed E-state index contributed by atoms with van der Waals surface area (Å²) >= 11 is 11.8. The second kappa shape index (κ2) is 5.87. The fourth-order valence-corrected chi connectivity index (χ4v) is 2.11. The fraction of sp³-hybridized carbons (Fsp3) is 0.500. The smallest absolute Gasteiger partial charge is 0.0936 e. The monoisotopic (exact) mass is 259 g/mol. The second-order valence-corrected chi connectivity index (χ2v) is 4.83. The zero-order chi connectivity index (χ0) is 11.4. The molecule has 0 aromatic heterocycles. The van der Waals surface area contributed by atoms with E-state index in [1.165, 1.54) is 19.3 Å². The molecule has 4 heteroatoms. The van der Waals surface area contributed by atoms with Crippen molar-refractivity contribution in [3.05, 3.63) is 33.8 Å². The highest BCUT2D eigenvalue weighted by atomic mass is 35.5. The van der Waals surface area contributed by atoms with Crippen molar-refractivity contribution >= 4 is 23.2 Å². The average molecular weight is 260 g/mol. The van der Waals surface area contributed by atoms with Crippen LogP contribution >= 0.6 is 23.2 Å². The molecule has 2 rings (SSSR count). The topological polar surface area (TPSA) is 12.5 Å². The van der Waals surface area contributed by atoms with Gasteiger partial charge in [0.1, 0.15) is 0 Å². The van der Waals surface area contributed by atoms with Gasteiger partial charge in [0.15, 0.2) is 0 Å². The first-order valence-corrected chi connectivity index (χ1v) is 6.33. The van der Waals surface area contributed by atoms with Gasteiger partial charge < -0.3 is 0 Å². The van der Waals surface area contributed by atoms with E-state index in [1.807, 2.05) is 17.2 Å². The van der Waals surface area contributed by atoms with Gasteiger partial charge in [-0.05, 0) is 30.5 Å². The molecule has 1 aliphatic heterocycles. The molecule has 16 heavy (non-hydrogen) atoms. The van der Waals surface area contributed by atoms with Crippen LogP contribution < -0.4 is 0 Å². The molecular formula is C12H15Cl2NO. The van der Waals surface area contributed by atoms with Crippen LogP contribution in [0.3, 0.4) is 0 Å². The number of halogens is 2. The zero-order valence-corrected chi connectivity index (χ0v) is 10.6. The lowest BCUT2D eigenvalue weighted by atomic mass is 10.2. The van der Waals surface area contributed by atoms with Crippen LogP contribution in [0.15, 0.2) is 18.2 Å². The SMILES string of the molecule is Clc1ccc(CON2CCCCC2)cc1Cl. The summed E-state index contributed by atoms with van der Waals surface area (Å²) in [5, 5.41) is 3.20. The van der Waals surface area contributed by atoms with Gasteiger partial charge in [0.05, 0.1) is 16.7 Å². The molecule has 1 saturated heterocycles. The molecule has 0 saturated carbocycles. The van der Waals surface area contributed by atoms with Gasteiger partial charge in [-0.25, -0.2) is 0 Å². The van der Waals surface area contributed by atoms with Gasteiger partial charge in [0.2, 0.25) is 0 Å². The summed E-state index contributed by atoms with van der Waals surface area (Å²) in [4.78, 5) is 5.70. The molecule has 0 unspecified atom stereocenters. The van der Waals surface area contributed by atoms with Crippen molar-refractivity contribution in [2.45, 2.75) is 25.9 Å². The number of hydrogen-bond acceptors (Lipinski definition) is 2. The molecule has 0 radical (unpaired) electrons. The molecule has 0 N–H and O–H groups in total. The van der Waals surface area contributed by atoms with Crippen LogP contribution in [0.25, 0.3) is 0 Å². The lowest BCUT2D eigenvalue weighted by molar-refractivity contribution is -0.178. The summed E-state index contributed by atoms with van der Waals surface area (Å²) in [6, 6.07) is 5.60. The molecule has 1 heterocycles. The minimum Gasteiger partial charge on any atom is -0.294 e. The van der Waals surface area contributed by atoms with Gasteiger partial charge in [-0.3, -0.25) is 4.84 Å². The lowest BCUT2D eigenvalue weighted by Gasteiger charge is -2.25.